The average molecular weight is 295 g/mol. The molecule has 0 aliphatic heterocycles. The highest BCUT2D eigenvalue weighted by Gasteiger charge is 2.43. The van der Waals surface area contributed by atoms with Crippen molar-refractivity contribution in [1.82, 2.24) is 5.32 Å². The van der Waals surface area contributed by atoms with Crippen LogP contribution in [0.3, 0.4) is 0 Å². The van der Waals surface area contributed by atoms with Gasteiger partial charge in [-0.15, -0.1) is 0 Å². The first kappa shape index (κ1) is 16.8. The Morgan fingerprint density at radius 3 is 2.55 bits per heavy atom. The van der Waals surface area contributed by atoms with Crippen LogP contribution in [0.5, 0.6) is 0 Å². The number of halogens is 3. The summed E-state index contributed by atoms with van der Waals surface area (Å²) in [5, 5.41) is 11.1. The van der Waals surface area contributed by atoms with Crippen LogP contribution in [-0.4, -0.2) is 29.2 Å². The van der Waals surface area contributed by atoms with Gasteiger partial charge < -0.3 is 10.4 Å². The minimum atomic E-state index is -4.24. The number of rotatable bonds is 5. The van der Waals surface area contributed by atoms with Crippen molar-refractivity contribution in [3.8, 4) is 0 Å². The number of hydrogen-bond donors (Lipinski definition) is 2. The van der Waals surface area contributed by atoms with Crippen LogP contribution in [0.1, 0.15) is 45.4 Å². The van der Waals surface area contributed by atoms with Gasteiger partial charge in [0.1, 0.15) is 0 Å². The van der Waals surface area contributed by atoms with Crippen molar-refractivity contribution in [2.45, 2.75) is 57.7 Å². The molecule has 4 nitrogen and oxygen atoms in total. The van der Waals surface area contributed by atoms with Gasteiger partial charge in [0.25, 0.3) is 0 Å². The molecule has 20 heavy (non-hydrogen) atoms. The number of alkyl halides is 3. The molecule has 116 valence electrons. The molecule has 1 aliphatic rings. The summed E-state index contributed by atoms with van der Waals surface area (Å²) in [7, 11) is 0. The van der Waals surface area contributed by atoms with Crippen LogP contribution < -0.4 is 5.32 Å². The lowest BCUT2D eigenvalue weighted by Gasteiger charge is -2.30. The maximum Gasteiger partial charge on any atom is 0.391 e. The smallest absolute Gasteiger partial charge is 0.391 e. The zero-order valence-electron chi connectivity index (χ0n) is 11.4. The van der Waals surface area contributed by atoms with E-state index in [0.717, 1.165) is 0 Å². The van der Waals surface area contributed by atoms with Crippen LogP contribution in [0.4, 0.5) is 13.2 Å². The number of carbonyl (C=O) groups excluding carboxylic acids is 1. The molecule has 0 spiro atoms. The summed E-state index contributed by atoms with van der Waals surface area (Å²) in [6, 6.07) is -0.343. The molecule has 0 aromatic rings. The Morgan fingerprint density at radius 2 is 2.00 bits per heavy atom. The SMILES string of the molecule is CC(CCC(=O)O)NC(=O)C1CCCC(C(F)(F)F)C1. The number of hydrogen-bond acceptors (Lipinski definition) is 2. The van der Waals surface area contributed by atoms with Gasteiger partial charge >= 0.3 is 12.1 Å². The number of nitrogens with one attached hydrogen (secondary N) is 1. The molecule has 0 radical (unpaired) electrons. The fourth-order valence-corrected chi connectivity index (χ4v) is 2.50. The molecule has 7 heteroatoms. The van der Waals surface area contributed by atoms with E-state index >= 15 is 0 Å². The van der Waals surface area contributed by atoms with Gasteiger partial charge in [-0.2, -0.15) is 13.2 Å². The van der Waals surface area contributed by atoms with E-state index in [1.165, 1.54) is 0 Å². The zero-order chi connectivity index (χ0) is 15.3. The second kappa shape index (κ2) is 6.95. The number of carboxylic acid groups (broad SMARTS) is 1. The first-order valence-corrected chi connectivity index (χ1v) is 6.79. The van der Waals surface area contributed by atoms with Gasteiger partial charge in [-0.3, -0.25) is 9.59 Å². The molecule has 3 atom stereocenters. The van der Waals surface area contributed by atoms with Gasteiger partial charge in [0, 0.05) is 18.4 Å². The maximum absolute atomic E-state index is 12.7. The lowest BCUT2D eigenvalue weighted by atomic mass is 9.80. The lowest BCUT2D eigenvalue weighted by molar-refractivity contribution is -0.186. The summed E-state index contributed by atoms with van der Waals surface area (Å²) in [6.07, 6.45) is -3.26. The molecule has 0 heterocycles. The topological polar surface area (TPSA) is 66.4 Å². The molecular weight excluding hydrogens is 275 g/mol. The monoisotopic (exact) mass is 295 g/mol. The first-order chi connectivity index (χ1) is 9.20. The van der Waals surface area contributed by atoms with Gasteiger partial charge in [0.05, 0.1) is 5.92 Å². The summed E-state index contributed by atoms with van der Waals surface area (Å²) in [6.45, 7) is 1.66. The molecule has 0 saturated heterocycles. The summed E-state index contributed by atoms with van der Waals surface area (Å²) in [5.74, 6) is -3.37. The quantitative estimate of drug-likeness (QED) is 0.819. The Labute approximate surface area is 115 Å². The van der Waals surface area contributed by atoms with Gasteiger partial charge in [-0.05, 0) is 32.6 Å². The first-order valence-electron chi connectivity index (χ1n) is 6.79. The molecule has 1 rings (SSSR count). The van der Waals surface area contributed by atoms with Crippen LogP contribution in [-0.2, 0) is 9.59 Å². The molecule has 0 aromatic heterocycles. The van der Waals surface area contributed by atoms with E-state index in [4.69, 9.17) is 5.11 Å². The molecule has 0 aromatic carbocycles. The molecule has 1 aliphatic carbocycles. The third kappa shape index (κ3) is 5.38. The van der Waals surface area contributed by atoms with Gasteiger partial charge in [0.15, 0.2) is 0 Å². The molecule has 1 saturated carbocycles. The van der Waals surface area contributed by atoms with E-state index in [2.05, 4.69) is 5.32 Å². The number of carboxylic acids is 1. The predicted molar refractivity (Wildman–Crippen MR) is 66.0 cm³/mol. The lowest BCUT2D eigenvalue weighted by Crippen LogP contribution is -2.41. The van der Waals surface area contributed by atoms with Crippen molar-refractivity contribution in [3.63, 3.8) is 0 Å². The highest BCUT2D eigenvalue weighted by atomic mass is 19.4. The third-order valence-electron chi connectivity index (χ3n) is 3.69. The minimum absolute atomic E-state index is 0.0721. The highest BCUT2D eigenvalue weighted by molar-refractivity contribution is 5.79. The van der Waals surface area contributed by atoms with E-state index in [0.29, 0.717) is 12.8 Å². The third-order valence-corrected chi connectivity index (χ3v) is 3.69. The fraction of sp³-hybridized carbons (Fsp3) is 0.846. The van der Waals surface area contributed by atoms with E-state index in [9.17, 15) is 22.8 Å². The van der Waals surface area contributed by atoms with E-state index < -0.39 is 29.9 Å². The zero-order valence-corrected chi connectivity index (χ0v) is 11.4. The van der Waals surface area contributed by atoms with Crippen molar-refractivity contribution in [3.05, 3.63) is 0 Å². The summed E-state index contributed by atoms with van der Waals surface area (Å²) in [5.41, 5.74) is 0. The van der Waals surface area contributed by atoms with E-state index in [1.54, 1.807) is 6.92 Å². The minimum Gasteiger partial charge on any atom is -0.481 e. The Balaban J connectivity index is 2.44. The largest absolute Gasteiger partial charge is 0.481 e. The fourth-order valence-electron chi connectivity index (χ4n) is 2.50. The van der Waals surface area contributed by atoms with Gasteiger partial charge in [-0.25, -0.2) is 0 Å². The Morgan fingerprint density at radius 1 is 1.35 bits per heavy atom. The van der Waals surface area contributed by atoms with Crippen molar-refractivity contribution in [2.75, 3.05) is 0 Å². The normalized spacial score (nSPS) is 25.0. The van der Waals surface area contributed by atoms with Crippen LogP contribution in [0, 0.1) is 11.8 Å². The number of amides is 1. The second-order valence-corrected chi connectivity index (χ2v) is 5.44. The molecule has 1 fully saturated rings. The van der Waals surface area contributed by atoms with E-state index in [1.807, 2.05) is 0 Å². The molecule has 2 N–H and O–H groups in total. The Bertz CT molecular complexity index is 357. The molecular formula is C13H20F3NO3. The van der Waals surface area contributed by atoms with E-state index in [-0.39, 0.29) is 31.7 Å². The van der Waals surface area contributed by atoms with Gasteiger partial charge in [-0.1, -0.05) is 6.42 Å². The summed E-state index contributed by atoms with van der Waals surface area (Å²) in [4.78, 5) is 22.3. The van der Waals surface area contributed by atoms with Crippen LogP contribution in [0.15, 0.2) is 0 Å². The second-order valence-electron chi connectivity index (χ2n) is 5.44. The standard InChI is InChI=1S/C13H20F3NO3/c1-8(5-6-11(18)19)17-12(20)9-3-2-4-10(7-9)13(14,15)16/h8-10H,2-7H2,1H3,(H,17,20)(H,18,19). The number of carbonyl (C=O) groups is 2. The summed E-state index contributed by atoms with van der Waals surface area (Å²) < 4.78 is 38.0. The van der Waals surface area contributed by atoms with Gasteiger partial charge in [0.2, 0.25) is 5.91 Å². The molecule has 0 bridgehead atoms. The highest BCUT2D eigenvalue weighted by Crippen LogP contribution is 2.39. The predicted octanol–water partition coefficient (Wildman–Crippen LogP) is 2.72. The Kier molecular flexibility index (Phi) is 5.83. The van der Waals surface area contributed by atoms with Crippen molar-refractivity contribution < 1.29 is 27.9 Å². The molecule has 1 amide bonds. The van der Waals surface area contributed by atoms with Crippen molar-refractivity contribution in [1.29, 1.82) is 0 Å². The Hall–Kier alpha value is -1.27. The van der Waals surface area contributed by atoms with Crippen molar-refractivity contribution >= 4 is 11.9 Å². The number of aliphatic carboxylic acids is 1. The average Bonchev–Trinajstić information content (AvgIpc) is 2.35. The van der Waals surface area contributed by atoms with Crippen molar-refractivity contribution in [2.24, 2.45) is 11.8 Å². The van der Waals surface area contributed by atoms with Crippen LogP contribution in [0.25, 0.3) is 0 Å². The maximum atomic E-state index is 12.7. The van der Waals surface area contributed by atoms with Crippen LogP contribution in [0.2, 0.25) is 0 Å². The molecule has 3 unspecified atom stereocenters. The summed E-state index contributed by atoms with van der Waals surface area (Å²) >= 11 is 0. The van der Waals surface area contributed by atoms with Crippen LogP contribution >= 0.6 is 0 Å².